The molecule has 0 aromatic heterocycles. The highest BCUT2D eigenvalue weighted by atomic mass is 19.1. The standard InChI is InChI=1S/C18H21FN2O4/c19-14-8-13(9-15(20)10-14)17(23)16(22)6-7-21-18(24)25-11-12-4-2-1-3-5-12/h1-5,8-10,16-17,22-23H,6-7,11,20H2,(H,21,24). The highest BCUT2D eigenvalue weighted by Crippen LogP contribution is 2.22. The summed E-state index contributed by atoms with van der Waals surface area (Å²) in [6.45, 7) is 0.233. The molecule has 1 amide bonds. The first kappa shape index (κ1) is 18.7. The number of anilines is 1. The van der Waals surface area contributed by atoms with E-state index < -0.39 is 24.1 Å². The lowest BCUT2D eigenvalue weighted by atomic mass is 10.0. The Bertz CT molecular complexity index is 676. The van der Waals surface area contributed by atoms with E-state index in [4.69, 9.17) is 10.5 Å². The van der Waals surface area contributed by atoms with Crippen molar-refractivity contribution in [2.24, 2.45) is 0 Å². The molecular formula is C18H21FN2O4. The summed E-state index contributed by atoms with van der Waals surface area (Å²) in [6.07, 6.45) is -3.05. The number of hydrogen-bond donors (Lipinski definition) is 4. The monoisotopic (exact) mass is 348 g/mol. The van der Waals surface area contributed by atoms with Crippen LogP contribution in [0.25, 0.3) is 0 Å². The van der Waals surface area contributed by atoms with Crippen LogP contribution in [-0.4, -0.2) is 29.0 Å². The molecule has 2 aromatic carbocycles. The number of carbonyl (C=O) groups is 1. The predicted octanol–water partition coefficient (Wildman–Crippen LogP) is 2.12. The normalized spacial score (nSPS) is 13.1. The minimum Gasteiger partial charge on any atom is -0.445 e. The fourth-order valence-corrected chi connectivity index (χ4v) is 2.28. The van der Waals surface area contributed by atoms with Crippen molar-refractivity contribution in [3.8, 4) is 0 Å². The van der Waals surface area contributed by atoms with Crippen LogP contribution in [0, 0.1) is 5.82 Å². The molecule has 25 heavy (non-hydrogen) atoms. The number of amides is 1. The van der Waals surface area contributed by atoms with E-state index >= 15 is 0 Å². The van der Waals surface area contributed by atoms with Crippen molar-refractivity contribution in [1.82, 2.24) is 5.32 Å². The second-order valence-corrected chi connectivity index (χ2v) is 5.61. The van der Waals surface area contributed by atoms with Crippen molar-refractivity contribution < 1.29 is 24.1 Å². The highest BCUT2D eigenvalue weighted by Gasteiger charge is 2.19. The molecule has 2 rings (SSSR count). The predicted molar refractivity (Wildman–Crippen MR) is 91.0 cm³/mol. The lowest BCUT2D eigenvalue weighted by Crippen LogP contribution is -2.29. The maximum Gasteiger partial charge on any atom is 0.407 e. The molecule has 7 heteroatoms. The van der Waals surface area contributed by atoms with Gasteiger partial charge in [-0.2, -0.15) is 0 Å². The van der Waals surface area contributed by atoms with Crippen LogP contribution in [0.2, 0.25) is 0 Å². The molecule has 0 heterocycles. The number of nitrogen functional groups attached to an aromatic ring is 1. The molecule has 5 N–H and O–H groups in total. The first-order valence-electron chi connectivity index (χ1n) is 7.82. The van der Waals surface area contributed by atoms with Crippen LogP contribution < -0.4 is 11.1 Å². The summed E-state index contributed by atoms with van der Waals surface area (Å²) in [7, 11) is 0. The molecule has 0 aliphatic heterocycles. The number of alkyl carbamates (subject to hydrolysis) is 1. The quantitative estimate of drug-likeness (QED) is 0.574. The van der Waals surface area contributed by atoms with Gasteiger partial charge in [0.1, 0.15) is 18.5 Å². The molecule has 0 aliphatic carbocycles. The van der Waals surface area contributed by atoms with Gasteiger partial charge in [-0.25, -0.2) is 9.18 Å². The molecular weight excluding hydrogens is 327 g/mol. The zero-order chi connectivity index (χ0) is 18.2. The molecule has 0 saturated carbocycles. The summed E-state index contributed by atoms with van der Waals surface area (Å²) in [4.78, 5) is 11.6. The van der Waals surface area contributed by atoms with Gasteiger partial charge in [0.15, 0.2) is 0 Å². The third kappa shape index (κ3) is 6.06. The van der Waals surface area contributed by atoms with Crippen LogP contribution in [0.5, 0.6) is 0 Å². The number of benzene rings is 2. The Balaban J connectivity index is 1.73. The van der Waals surface area contributed by atoms with E-state index in [1.807, 2.05) is 30.3 Å². The van der Waals surface area contributed by atoms with E-state index in [9.17, 15) is 19.4 Å². The Hall–Kier alpha value is -2.64. The topological polar surface area (TPSA) is 105 Å². The van der Waals surface area contributed by atoms with Gasteiger partial charge in [0.05, 0.1) is 6.10 Å². The van der Waals surface area contributed by atoms with Crippen LogP contribution in [0.15, 0.2) is 48.5 Å². The molecule has 0 bridgehead atoms. The summed E-state index contributed by atoms with van der Waals surface area (Å²) in [5.74, 6) is -0.594. The number of carbonyl (C=O) groups excluding carboxylic acids is 1. The maximum atomic E-state index is 13.3. The number of nitrogens with two attached hydrogens (primary N) is 1. The molecule has 0 fully saturated rings. The number of aliphatic hydroxyl groups is 2. The number of ether oxygens (including phenoxy) is 1. The van der Waals surface area contributed by atoms with Gasteiger partial charge in [-0.3, -0.25) is 0 Å². The highest BCUT2D eigenvalue weighted by molar-refractivity contribution is 5.67. The number of nitrogens with one attached hydrogen (secondary N) is 1. The Labute approximate surface area is 145 Å². The van der Waals surface area contributed by atoms with Gasteiger partial charge < -0.3 is 26.0 Å². The van der Waals surface area contributed by atoms with Gasteiger partial charge in [-0.05, 0) is 35.7 Å². The van der Waals surface area contributed by atoms with Gasteiger partial charge in [0, 0.05) is 12.2 Å². The van der Waals surface area contributed by atoms with Crippen LogP contribution in [0.4, 0.5) is 14.9 Å². The minimum absolute atomic E-state index is 0.0675. The number of rotatable bonds is 7. The Morgan fingerprint density at radius 3 is 2.60 bits per heavy atom. The van der Waals surface area contributed by atoms with Gasteiger partial charge in [0.25, 0.3) is 0 Å². The molecule has 2 atom stereocenters. The molecule has 2 unspecified atom stereocenters. The summed E-state index contributed by atoms with van der Waals surface area (Å²) in [5.41, 5.74) is 6.70. The van der Waals surface area contributed by atoms with Gasteiger partial charge in [-0.1, -0.05) is 30.3 Å². The van der Waals surface area contributed by atoms with E-state index in [0.717, 1.165) is 17.7 Å². The van der Waals surface area contributed by atoms with Crippen LogP contribution in [-0.2, 0) is 11.3 Å². The van der Waals surface area contributed by atoms with Crippen molar-refractivity contribution in [1.29, 1.82) is 0 Å². The number of hydrogen-bond acceptors (Lipinski definition) is 5. The molecule has 2 aromatic rings. The van der Waals surface area contributed by atoms with Gasteiger partial charge in [-0.15, -0.1) is 0 Å². The first-order chi connectivity index (χ1) is 12.0. The minimum atomic E-state index is -1.31. The fraction of sp³-hybridized carbons (Fsp3) is 0.278. The van der Waals surface area contributed by atoms with E-state index in [1.54, 1.807) is 0 Å². The van der Waals surface area contributed by atoms with Crippen LogP contribution in [0.1, 0.15) is 23.7 Å². The summed E-state index contributed by atoms with van der Waals surface area (Å²) in [6, 6.07) is 12.8. The maximum absolute atomic E-state index is 13.3. The van der Waals surface area contributed by atoms with Crippen molar-refractivity contribution in [3.05, 3.63) is 65.5 Å². The third-order valence-electron chi connectivity index (χ3n) is 3.57. The Morgan fingerprint density at radius 1 is 1.20 bits per heavy atom. The van der Waals surface area contributed by atoms with Crippen molar-refractivity contribution in [3.63, 3.8) is 0 Å². The van der Waals surface area contributed by atoms with E-state index in [1.165, 1.54) is 6.07 Å². The van der Waals surface area contributed by atoms with E-state index in [2.05, 4.69) is 5.32 Å². The van der Waals surface area contributed by atoms with Gasteiger partial charge in [0.2, 0.25) is 0 Å². The molecule has 0 spiro atoms. The average Bonchev–Trinajstić information content (AvgIpc) is 2.59. The molecule has 6 nitrogen and oxygen atoms in total. The molecule has 0 radical (unpaired) electrons. The van der Waals surface area contributed by atoms with E-state index in [0.29, 0.717) is 0 Å². The number of aliphatic hydroxyl groups excluding tert-OH is 2. The summed E-state index contributed by atoms with van der Waals surface area (Å²) in [5, 5.41) is 22.5. The second kappa shape index (κ2) is 9.00. The smallest absolute Gasteiger partial charge is 0.407 e. The lowest BCUT2D eigenvalue weighted by molar-refractivity contribution is 0.0135. The van der Waals surface area contributed by atoms with Crippen molar-refractivity contribution in [2.75, 3.05) is 12.3 Å². The second-order valence-electron chi connectivity index (χ2n) is 5.61. The Kier molecular flexibility index (Phi) is 6.73. The zero-order valence-corrected chi connectivity index (χ0v) is 13.6. The van der Waals surface area contributed by atoms with Crippen LogP contribution >= 0.6 is 0 Å². The van der Waals surface area contributed by atoms with Crippen LogP contribution in [0.3, 0.4) is 0 Å². The summed E-state index contributed by atoms with van der Waals surface area (Å²) >= 11 is 0. The van der Waals surface area contributed by atoms with Crippen molar-refractivity contribution in [2.45, 2.75) is 25.2 Å². The number of halogens is 1. The van der Waals surface area contributed by atoms with Gasteiger partial charge >= 0.3 is 6.09 Å². The third-order valence-corrected chi connectivity index (χ3v) is 3.57. The summed E-state index contributed by atoms with van der Waals surface area (Å²) < 4.78 is 18.3. The average molecular weight is 348 g/mol. The van der Waals surface area contributed by atoms with E-state index in [-0.39, 0.29) is 30.8 Å². The molecule has 0 saturated heterocycles. The van der Waals surface area contributed by atoms with Crippen molar-refractivity contribution >= 4 is 11.8 Å². The SMILES string of the molecule is Nc1cc(F)cc(C(O)C(O)CCNC(=O)OCc2ccccc2)c1. The Morgan fingerprint density at radius 2 is 1.92 bits per heavy atom. The largest absolute Gasteiger partial charge is 0.445 e. The lowest BCUT2D eigenvalue weighted by Gasteiger charge is -2.18. The first-order valence-corrected chi connectivity index (χ1v) is 7.82. The molecule has 134 valence electrons. The molecule has 0 aliphatic rings. The fourth-order valence-electron chi connectivity index (χ4n) is 2.28. The zero-order valence-electron chi connectivity index (χ0n) is 13.6.